The Kier molecular flexibility index (Phi) is 5.84. The monoisotopic (exact) mass is 417 g/mol. The topological polar surface area (TPSA) is 80.2 Å². The van der Waals surface area contributed by atoms with Gasteiger partial charge in [0, 0.05) is 17.9 Å². The fourth-order valence-electron chi connectivity index (χ4n) is 4.17. The number of nitrogens with one attached hydrogen (secondary N) is 1. The van der Waals surface area contributed by atoms with Crippen molar-refractivity contribution in [2.24, 2.45) is 0 Å². The minimum absolute atomic E-state index is 0.0270. The van der Waals surface area contributed by atoms with E-state index < -0.39 is 0 Å². The third-order valence-corrected chi connectivity index (χ3v) is 5.49. The highest BCUT2D eigenvalue weighted by Gasteiger charge is 2.33. The van der Waals surface area contributed by atoms with Crippen molar-refractivity contribution in [3.05, 3.63) is 70.7 Å². The first-order chi connectivity index (χ1) is 15.0. The summed E-state index contributed by atoms with van der Waals surface area (Å²) in [4.78, 5) is 28.9. The van der Waals surface area contributed by atoms with Crippen LogP contribution in [0, 0.1) is 20.8 Å². The van der Waals surface area contributed by atoms with Crippen LogP contribution in [0.2, 0.25) is 0 Å². The number of hydrogen-bond donors (Lipinski definition) is 1. The van der Waals surface area contributed by atoms with Crippen molar-refractivity contribution in [2.45, 2.75) is 39.7 Å². The van der Waals surface area contributed by atoms with Crippen LogP contribution in [0.5, 0.6) is 5.75 Å². The molecule has 1 atom stereocenters. The predicted octanol–water partition coefficient (Wildman–Crippen LogP) is 4.53. The number of anilines is 2. The molecule has 0 bridgehead atoms. The van der Waals surface area contributed by atoms with Gasteiger partial charge in [0.25, 0.3) is 5.91 Å². The van der Waals surface area contributed by atoms with E-state index in [0.29, 0.717) is 29.6 Å². The molecule has 1 amide bonds. The van der Waals surface area contributed by atoms with Crippen molar-refractivity contribution >= 4 is 17.7 Å². The number of hydrogen-bond acceptors (Lipinski definition) is 6. The van der Waals surface area contributed by atoms with E-state index in [0.717, 1.165) is 35.5 Å². The number of rotatable bonds is 5. The van der Waals surface area contributed by atoms with Crippen LogP contribution in [-0.2, 0) is 0 Å². The number of aromatic nitrogens is 3. The molecule has 0 spiro atoms. The second-order valence-electron chi connectivity index (χ2n) is 7.86. The highest BCUT2D eigenvalue weighted by atomic mass is 16.5. The van der Waals surface area contributed by atoms with E-state index in [2.05, 4.69) is 15.3 Å². The molecule has 160 valence electrons. The molecule has 1 fully saturated rings. The lowest BCUT2D eigenvalue weighted by Crippen LogP contribution is -2.31. The van der Waals surface area contributed by atoms with Crippen LogP contribution in [0.15, 0.2) is 42.5 Å². The fraction of sp³-hybridized carbons (Fsp3) is 0.333. The molecule has 31 heavy (non-hydrogen) atoms. The second-order valence-corrected chi connectivity index (χ2v) is 7.86. The van der Waals surface area contributed by atoms with Crippen LogP contribution < -0.4 is 10.1 Å². The Bertz CT molecular complexity index is 1090. The summed E-state index contributed by atoms with van der Waals surface area (Å²) in [5, 5.41) is 3.19. The van der Waals surface area contributed by atoms with Gasteiger partial charge >= 0.3 is 0 Å². The largest absolute Gasteiger partial charge is 0.496 e. The summed E-state index contributed by atoms with van der Waals surface area (Å²) >= 11 is 0. The number of ether oxygens (including phenoxy) is 1. The molecule has 2 aromatic heterocycles. The SMILES string of the molecule is COc1c(C)cccc1C(=O)N1CCC[C@H]1c1cccc(Nc2nc(C)cc(C)n2)n1. The molecule has 0 radical (unpaired) electrons. The molecular formula is C24H27N5O2. The number of amides is 1. The van der Waals surface area contributed by atoms with E-state index in [1.807, 2.05) is 68.1 Å². The van der Waals surface area contributed by atoms with Crippen LogP contribution in [0.4, 0.5) is 11.8 Å². The third kappa shape index (κ3) is 4.35. The molecule has 0 saturated carbocycles. The first kappa shape index (κ1) is 20.8. The van der Waals surface area contributed by atoms with Gasteiger partial charge in [-0.25, -0.2) is 15.0 Å². The molecule has 0 unspecified atom stereocenters. The van der Waals surface area contributed by atoms with E-state index in [9.17, 15) is 4.79 Å². The Balaban J connectivity index is 1.60. The van der Waals surface area contributed by atoms with E-state index in [1.54, 1.807) is 7.11 Å². The van der Waals surface area contributed by atoms with Gasteiger partial charge in [-0.05, 0) is 63.4 Å². The lowest BCUT2D eigenvalue weighted by atomic mass is 10.1. The molecular weight excluding hydrogens is 390 g/mol. The predicted molar refractivity (Wildman–Crippen MR) is 120 cm³/mol. The summed E-state index contributed by atoms with van der Waals surface area (Å²) in [6.45, 7) is 6.51. The highest BCUT2D eigenvalue weighted by Crippen LogP contribution is 2.35. The van der Waals surface area contributed by atoms with Crippen molar-refractivity contribution < 1.29 is 9.53 Å². The minimum atomic E-state index is -0.0837. The molecule has 1 aromatic carbocycles. The van der Waals surface area contributed by atoms with Crippen molar-refractivity contribution in [1.29, 1.82) is 0 Å². The molecule has 3 aromatic rings. The number of methoxy groups -OCH3 is 1. The summed E-state index contributed by atoms with van der Waals surface area (Å²) in [6, 6.07) is 13.3. The summed E-state index contributed by atoms with van der Waals surface area (Å²) in [5.74, 6) is 1.79. The maximum Gasteiger partial charge on any atom is 0.258 e. The number of nitrogens with zero attached hydrogens (tertiary/aromatic N) is 4. The Morgan fingerprint density at radius 1 is 1.06 bits per heavy atom. The van der Waals surface area contributed by atoms with Gasteiger partial charge in [-0.2, -0.15) is 0 Å². The lowest BCUT2D eigenvalue weighted by molar-refractivity contribution is 0.0729. The first-order valence-electron chi connectivity index (χ1n) is 10.5. The van der Waals surface area contributed by atoms with E-state index >= 15 is 0 Å². The third-order valence-electron chi connectivity index (χ3n) is 5.49. The lowest BCUT2D eigenvalue weighted by Gasteiger charge is -2.25. The number of pyridine rings is 1. The van der Waals surface area contributed by atoms with Crippen LogP contribution >= 0.6 is 0 Å². The summed E-state index contributed by atoms with van der Waals surface area (Å²) in [6.07, 6.45) is 1.81. The van der Waals surface area contributed by atoms with E-state index in [-0.39, 0.29) is 11.9 Å². The Morgan fingerprint density at radius 2 is 1.81 bits per heavy atom. The van der Waals surface area contributed by atoms with Crippen molar-refractivity contribution in [3.63, 3.8) is 0 Å². The van der Waals surface area contributed by atoms with Gasteiger partial charge in [0.15, 0.2) is 0 Å². The van der Waals surface area contributed by atoms with Gasteiger partial charge in [-0.3, -0.25) is 4.79 Å². The van der Waals surface area contributed by atoms with Gasteiger partial charge < -0.3 is 15.0 Å². The average Bonchev–Trinajstić information content (AvgIpc) is 3.22. The smallest absolute Gasteiger partial charge is 0.258 e. The number of carbonyl (C=O) groups excluding carboxylic acids is 1. The Hall–Kier alpha value is -3.48. The summed E-state index contributed by atoms with van der Waals surface area (Å²) in [5.41, 5.74) is 4.18. The molecule has 1 aliphatic rings. The van der Waals surface area contributed by atoms with Crippen molar-refractivity contribution in [2.75, 3.05) is 19.0 Å². The molecule has 7 heteroatoms. The molecule has 1 aliphatic heterocycles. The summed E-state index contributed by atoms with van der Waals surface area (Å²) < 4.78 is 5.52. The Morgan fingerprint density at radius 3 is 2.55 bits per heavy atom. The van der Waals surface area contributed by atoms with Crippen LogP contribution in [-0.4, -0.2) is 39.4 Å². The molecule has 3 heterocycles. The zero-order valence-corrected chi connectivity index (χ0v) is 18.3. The normalized spacial score (nSPS) is 15.7. The molecule has 7 nitrogen and oxygen atoms in total. The zero-order valence-electron chi connectivity index (χ0n) is 18.3. The maximum absolute atomic E-state index is 13.4. The number of likely N-dealkylation sites (tertiary alicyclic amines) is 1. The fourth-order valence-corrected chi connectivity index (χ4v) is 4.17. The molecule has 0 aliphatic carbocycles. The van der Waals surface area contributed by atoms with Crippen LogP contribution in [0.1, 0.15) is 51.9 Å². The highest BCUT2D eigenvalue weighted by molar-refractivity contribution is 5.97. The quantitative estimate of drug-likeness (QED) is 0.657. The van der Waals surface area contributed by atoms with Gasteiger partial charge in [-0.1, -0.05) is 18.2 Å². The number of benzene rings is 1. The van der Waals surface area contributed by atoms with Gasteiger partial charge in [-0.15, -0.1) is 0 Å². The van der Waals surface area contributed by atoms with Crippen LogP contribution in [0.3, 0.4) is 0 Å². The van der Waals surface area contributed by atoms with Crippen molar-refractivity contribution in [1.82, 2.24) is 19.9 Å². The van der Waals surface area contributed by atoms with Crippen molar-refractivity contribution in [3.8, 4) is 5.75 Å². The van der Waals surface area contributed by atoms with Gasteiger partial charge in [0.1, 0.15) is 11.6 Å². The second kappa shape index (κ2) is 8.71. The molecule has 4 rings (SSSR count). The average molecular weight is 418 g/mol. The first-order valence-corrected chi connectivity index (χ1v) is 10.5. The number of aryl methyl sites for hydroxylation is 3. The Labute approximate surface area is 182 Å². The number of para-hydroxylation sites is 1. The van der Waals surface area contributed by atoms with E-state index in [1.165, 1.54) is 0 Å². The maximum atomic E-state index is 13.4. The van der Waals surface area contributed by atoms with E-state index in [4.69, 9.17) is 9.72 Å². The number of carbonyl (C=O) groups is 1. The van der Waals surface area contributed by atoms with Gasteiger partial charge in [0.05, 0.1) is 24.4 Å². The molecule has 1 N–H and O–H groups in total. The standard InChI is InChI=1S/C24H27N5O2/c1-15-8-5-9-18(22(15)31-4)23(30)29-13-7-11-20(29)19-10-6-12-21(27-19)28-24-25-16(2)14-17(3)26-24/h5-6,8-10,12,14,20H,7,11,13H2,1-4H3,(H,25,26,27,28)/t20-/m0/s1. The van der Waals surface area contributed by atoms with Gasteiger partial charge in [0.2, 0.25) is 5.95 Å². The zero-order chi connectivity index (χ0) is 22.0. The molecule has 1 saturated heterocycles. The summed E-state index contributed by atoms with van der Waals surface area (Å²) in [7, 11) is 1.60. The minimum Gasteiger partial charge on any atom is -0.496 e. The van der Waals surface area contributed by atoms with Crippen LogP contribution in [0.25, 0.3) is 0 Å².